The van der Waals surface area contributed by atoms with Crippen LogP contribution in [0.25, 0.3) is 0 Å². The van der Waals surface area contributed by atoms with Crippen LogP contribution >= 0.6 is 0 Å². The van der Waals surface area contributed by atoms with Crippen molar-refractivity contribution in [1.82, 2.24) is 9.78 Å². The van der Waals surface area contributed by atoms with Crippen molar-refractivity contribution in [3.05, 3.63) is 101 Å². The molecule has 0 aliphatic rings. The van der Waals surface area contributed by atoms with Crippen molar-refractivity contribution in [2.75, 3.05) is 5.32 Å². The predicted molar refractivity (Wildman–Crippen MR) is 119 cm³/mol. The Bertz CT molecular complexity index is 1190. The lowest BCUT2D eigenvalue weighted by Crippen LogP contribution is -2.10. The summed E-state index contributed by atoms with van der Waals surface area (Å²) in [4.78, 5) is 12.5. The van der Waals surface area contributed by atoms with Gasteiger partial charge in [-0.25, -0.2) is 0 Å². The fourth-order valence-corrected chi connectivity index (χ4v) is 3.45. The summed E-state index contributed by atoms with van der Waals surface area (Å²) in [5.74, 6) is 1.26. The van der Waals surface area contributed by atoms with E-state index in [1.165, 1.54) is 5.56 Å². The maximum absolute atomic E-state index is 12.5. The molecule has 31 heavy (non-hydrogen) atoms. The largest absolute Gasteiger partial charge is 0.486 e. The second-order valence-corrected chi connectivity index (χ2v) is 7.75. The van der Waals surface area contributed by atoms with Crippen molar-refractivity contribution >= 4 is 11.6 Å². The van der Waals surface area contributed by atoms with Crippen molar-refractivity contribution in [3.8, 4) is 5.75 Å². The van der Waals surface area contributed by atoms with Crippen molar-refractivity contribution in [2.24, 2.45) is 0 Å². The Hall–Kier alpha value is -3.80. The van der Waals surface area contributed by atoms with Gasteiger partial charge in [-0.05, 0) is 61.7 Å². The molecule has 2 heterocycles. The Labute approximate surface area is 181 Å². The van der Waals surface area contributed by atoms with Gasteiger partial charge in [-0.2, -0.15) is 5.10 Å². The molecule has 1 N–H and O–H groups in total. The Kier molecular flexibility index (Phi) is 5.89. The normalized spacial score (nSPS) is 10.8. The summed E-state index contributed by atoms with van der Waals surface area (Å²) in [5, 5.41) is 7.14. The monoisotopic (exact) mass is 415 g/mol. The first-order valence-corrected chi connectivity index (χ1v) is 10.1. The molecule has 0 unspecified atom stereocenters. The fraction of sp³-hybridized carbons (Fsp3) is 0.200. The third kappa shape index (κ3) is 5.42. The number of nitrogens with one attached hydrogen (secondary N) is 1. The van der Waals surface area contributed by atoms with E-state index in [2.05, 4.69) is 41.6 Å². The molecular formula is C25H25N3O3. The average molecular weight is 415 g/mol. The number of amides is 1. The van der Waals surface area contributed by atoms with Crippen LogP contribution in [0.3, 0.4) is 0 Å². The molecule has 4 aromatic rings. The summed E-state index contributed by atoms with van der Waals surface area (Å²) in [6.07, 6.45) is 3.42. The molecule has 2 aromatic heterocycles. The van der Waals surface area contributed by atoms with Gasteiger partial charge in [0.1, 0.15) is 18.1 Å². The number of aryl methyl sites for hydroxylation is 3. The summed E-state index contributed by atoms with van der Waals surface area (Å²) in [5.41, 5.74) is 5.24. The molecule has 0 fully saturated rings. The van der Waals surface area contributed by atoms with Crippen LogP contribution in [-0.4, -0.2) is 15.7 Å². The molecule has 6 nitrogen and oxygen atoms in total. The van der Waals surface area contributed by atoms with E-state index in [4.69, 9.17) is 9.15 Å². The topological polar surface area (TPSA) is 69.3 Å². The van der Waals surface area contributed by atoms with Crippen molar-refractivity contribution in [2.45, 2.75) is 33.9 Å². The highest BCUT2D eigenvalue weighted by Gasteiger charge is 2.13. The molecule has 158 valence electrons. The molecule has 0 saturated heterocycles. The van der Waals surface area contributed by atoms with Crippen LogP contribution in [-0.2, 0) is 13.2 Å². The molecule has 2 aromatic carbocycles. The van der Waals surface area contributed by atoms with Gasteiger partial charge >= 0.3 is 0 Å². The standard InChI is InChI=1S/C25H25N3O3/c1-17-5-4-6-20(10-17)14-28-15-21(13-26-28)27-25(29)24-8-7-22(31-24)16-30-23-11-18(2)9-19(3)12-23/h4-13,15H,14,16H2,1-3H3,(H,27,29). The summed E-state index contributed by atoms with van der Waals surface area (Å²) in [7, 11) is 0. The third-order valence-corrected chi connectivity index (χ3v) is 4.78. The third-order valence-electron chi connectivity index (χ3n) is 4.78. The van der Waals surface area contributed by atoms with E-state index in [0.29, 0.717) is 18.0 Å². The summed E-state index contributed by atoms with van der Waals surface area (Å²) < 4.78 is 13.2. The van der Waals surface area contributed by atoms with E-state index in [1.54, 1.807) is 29.2 Å². The number of furan rings is 1. The lowest BCUT2D eigenvalue weighted by Gasteiger charge is -2.06. The zero-order valence-corrected chi connectivity index (χ0v) is 17.9. The smallest absolute Gasteiger partial charge is 0.291 e. The van der Waals surface area contributed by atoms with Gasteiger partial charge in [0.15, 0.2) is 5.76 Å². The zero-order valence-electron chi connectivity index (χ0n) is 17.9. The van der Waals surface area contributed by atoms with Crippen LogP contribution in [0.5, 0.6) is 5.75 Å². The number of carbonyl (C=O) groups excluding carboxylic acids is 1. The van der Waals surface area contributed by atoms with E-state index in [1.807, 2.05) is 32.0 Å². The molecule has 1 amide bonds. The number of anilines is 1. The lowest BCUT2D eigenvalue weighted by atomic mass is 10.1. The summed E-state index contributed by atoms with van der Waals surface area (Å²) in [6.45, 7) is 7.00. The van der Waals surface area contributed by atoms with Gasteiger partial charge < -0.3 is 14.5 Å². The zero-order chi connectivity index (χ0) is 21.8. The second kappa shape index (κ2) is 8.92. The Morgan fingerprint density at radius 2 is 1.84 bits per heavy atom. The fourth-order valence-electron chi connectivity index (χ4n) is 3.45. The molecule has 0 aliphatic carbocycles. The maximum atomic E-state index is 12.5. The highest BCUT2D eigenvalue weighted by molar-refractivity contribution is 6.02. The SMILES string of the molecule is Cc1cccc(Cn2cc(NC(=O)c3ccc(COc4cc(C)cc(C)c4)o3)cn2)c1. The first kappa shape index (κ1) is 20.5. The number of nitrogens with zero attached hydrogens (tertiary/aromatic N) is 2. The van der Waals surface area contributed by atoms with E-state index < -0.39 is 0 Å². The molecule has 0 aliphatic heterocycles. The highest BCUT2D eigenvalue weighted by atomic mass is 16.5. The lowest BCUT2D eigenvalue weighted by molar-refractivity contribution is 0.0992. The number of rotatable bonds is 7. The van der Waals surface area contributed by atoms with Crippen LogP contribution in [0, 0.1) is 20.8 Å². The number of carbonyl (C=O) groups is 1. The van der Waals surface area contributed by atoms with Crippen LogP contribution in [0.2, 0.25) is 0 Å². The van der Waals surface area contributed by atoms with Crippen LogP contribution < -0.4 is 10.1 Å². The quantitative estimate of drug-likeness (QED) is 0.446. The number of benzene rings is 2. The van der Waals surface area contributed by atoms with Gasteiger partial charge in [0.2, 0.25) is 0 Å². The van der Waals surface area contributed by atoms with Crippen molar-refractivity contribution in [1.29, 1.82) is 0 Å². The number of aromatic nitrogens is 2. The Morgan fingerprint density at radius 3 is 2.61 bits per heavy atom. The molecule has 0 atom stereocenters. The highest BCUT2D eigenvalue weighted by Crippen LogP contribution is 2.19. The minimum absolute atomic E-state index is 0.227. The maximum Gasteiger partial charge on any atom is 0.291 e. The minimum atomic E-state index is -0.326. The van der Waals surface area contributed by atoms with Gasteiger partial charge in [-0.15, -0.1) is 0 Å². The average Bonchev–Trinajstić information content (AvgIpc) is 3.35. The molecular weight excluding hydrogens is 390 g/mol. The van der Waals surface area contributed by atoms with Crippen LogP contribution in [0.1, 0.15) is 38.6 Å². The van der Waals surface area contributed by atoms with Crippen molar-refractivity contribution in [3.63, 3.8) is 0 Å². The molecule has 0 saturated carbocycles. The Morgan fingerprint density at radius 1 is 1.03 bits per heavy atom. The Balaban J connectivity index is 1.34. The molecule has 0 radical (unpaired) electrons. The summed E-state index contributed by atoms with van der Waals surface area (Å²) in [6, 6.07) is 17.7. The molecule has 4 rings (SSSR count). The predicted octanol–water partition coefficient (Wildman–Crippen LogP) is 5.28. The van der Waals surface area contributed by atoms with Crippen LogP contribution in [0.4, 0.5) is 5.69 Å². The van der Waals surface area contributed by atoms with E-state index >= 15 is 0 Å². The van der Waals surface area contributed by atoms with Gasteiger partial charge in [0.05, 0.1) is 18.4 Å². The van der Waals surface area contributed by atoms with E-state index in [-0.39, 0.29) is 18.3 Å². The number of ether oxygens (including phenoxy) is 1. The van der Waals surface area contributed by atoms with E-state index in [9.17, 15) is 4.79 Å². The number of hydrogen-bond acceptors (Lipinski definition) is 4. The molecule has 0 spiro atoms. The van der Waals surface area contributed by atoms with Gasteiger partial charge in [0, 0.05) is 6.20 Å². The van der Waals surface area contributed by atoms with Gasteiger partial charge in [-0.3, -0.25) is 9.48 Å². The molecule has 6 heteroatoms. The van der Waals surface area contributed by atoms with Gasteiger partial charge in [-0.1, -0.05) is 35.9 Å². The summed E-state index contributed by atoms with van der Waals surface area (Å²) >= 11 is 0. The van der Waals surface area contributed by atoms with Gasteiger partial charge in [0.25, 0.3) is 5.91 Å². The minimum Gasteiger partial charge on any atom is -0.486 e. The van der Waals surface area contributed by atoms with Crippen molar-refractivity contribution < 1.29 is 13.9 Å². The van der Waals surface area contributed by atoms with E-state index in [0.717, 1.165) is 22.4 Å². The number of hydrogen-bond donors (Lipinski definition) is 1. The first-order chi connectivity index (χ1) is 14.9. The molecule has 0 bridgehead atoms. The second-order valence-electron chi connectivity index (χ2n) is 7.75. The van der Waals surface area contributed by atoms with Crippen LogP contribution in [0.15, 0.2) is 71.4 Å². The first-order valence-electron chi connectivity index (χ1n) is 10.1.